The van der Waals surface area contributed by atoms with E-state index in [-0.39, 0.29) is 40.9 Å². The number of hydrogen-bond acceptors (Lipinski definition) is 7. The van der Waals surface area contributed by atoms with Gasteiger partial charge in [0.25, 0.3) is 0 Å². The molecule has 3 aromatic heterocycles. The van der Waals surface area contributed by atoms with Crippen LogP contribution in [0.25, 0.3) is 0 Å². The summed E-state index contributed by atoms with van der Waals surface area (Å²) >= 11 is 12.7. The number of nitrogens with zero attached hydrogens (tertiary/aromatic N) is 3. The SMILES string of the molecule is CC[C@@]1(c2ccc(Cl)nc2C)[C@@H](c2ccnc(Cl)c2F)[C@H](CC(=O)NC2CCC(c3n[nH]c(=O)o3)CC2)NC12CCC(C)(C)CC2. The van der Waals surface area contributed by atoms with Crippen molar-refractivity contribution >= 4 is 29.1 Å². The first kappa shape index (κ1) is 33.1. The molecule has 9 nitrogen and oxygen atoms in total. The van der Waals surface area contributed by atoms with E-state index in [1.807, 2.05) is 19.1 Å². The number of H-pyrrole nitrogens is 1. The Hall–Kier alpha value is -2.82. The van der Waals surface area contributed by atoms with Crippen molar-refractivity contribution in [3.63, 3.8) is 0 Å². The highest BCUT2D eigenvalue weighted by atomic mass is 35.5. The molecule has 1 aliphatic heterocycles. The van der Waals surface area contributed by atoms with E-state index in [0.717, 1.165) is 62.6 Å². The molecule has 3 fully saturated rings. The molecule has 0 aromatic carbocycles. The molecule has 0 unspecified atom stereocenters. The molecular weight excluding hydrogens is 630 g/mol. The van der Waals surface area contributed by atoms with E-state index in [1.54, 1.807) is 12.3 Å². The van der Waals surface area contributed by atoms with Crippen LogP contribution in [0.5, 0.6) is 0 Å². The molecule has 6 rings (SSSR count). The van der Waals surface area contributed by atoms with Crippen LogP contribution in [0.3, 0.4) is 0 Å². The molecule has 2 aliphatic carbocycles. The molecule has 1 spiro atoms. The Morgan fingerprint density at radius 2 is 1.83 bits per heavy atom. The van der Waals surface area contributed by atoms with Crippen molar-refractivity contribution < 1.29 is 13.6 Å². The average Bonchev–Trinajstić information content (AvgIpc) is 3.56. The summed E-state index contributed by atoms with van der Waals surface area (Å²) in [4.78, 5) is 34.0. The van der Waals surface area contributed by atoms with Gasteiger partial charge in [-0.3, -0.25) is 4.79 Å². The number of aromatic amines is 1. The van der Waals surface area contributed by atoms with Crippen molar-refractivity contribution in [2.24, 2.45) is 5.41 Å². The number of rotatable bonds is 7. The molecule has 46 heavy (non-hydrogen) atoms. The first-order valence-electron chi connectivity index (χ1n) is 16.4. The van der Waals surface area contributed by atoms with Gasteiger partial charge in [0.05, 0.1) is 0 Å². The molecule has 0 radical (unpaired) electrons. The van der Waals surface area contributed by atoms with Crippen LogP contribution in [0, 0.1) is 18.2 Å². The number of nitrogens with one attached hydrogen (secondary N) is 3. The van der Waals surface area contributed by atoms with Crippen molar-refractivity contribution in [3.05, 3.63) is 73.8 Å². The van der Waals surface area contributed by atoms with Crippen LogP contribution in [0.4, 0.5) is 4.39 Å². The molecule has 3 N–H and O–H groups in total. The van der Waals surface area contributed by atoms with Crippen molar-refractivity contribution in [3.8, 4) is 0 Å². The fourth-order valence-electron chi connectivity index (χ4n) is 9.04. The van der Waals surface area contributed by atoms with Gasteiger partial charge < -0.3 is 15.1 Å². The zero-order valence-corrected chi connectivity index (χ0v) is 28.4. The highest BCUT2D eigenvalue weighted by Crippen LogP contribution is 2.62. The zero-order chi connectivity index (χ0) is 32.9. The largest absolute Gasteiger partial charge is 0.434 e. The number of pyridine rings is 2. The Labute approximate surface area is 278 Å². The van der Waals surface area contributed by atoms with Crippen LogP contribution < -0.4 is 16.4 Å². The molecule has 3 atom stereocenters. The fourth-order valence-corrected chi connectivity index (χ4v) is 9.39. The summed E-state index contributed by atoms with van der Waals surface area (Å²) in [5.74, 6) is -1.14. The zero-order valence-electron chi connectivity index (χ0n) is 26.9. The van der Waals surface area contributed by atoms with E-state index in [9.17, 15) is 9.59 Å². The third kappa shape index (κ3) is 5.90. The van der Waals surface area contributed by atoms with Gasteiger partial charge in [-0.2, -0.15) is 0 Å². The summed E-state index contributed by atoms with van der Waals surface area (Å²) in [5, 5.41) is 13.8. The lowest BCUT2D eigenvalue weighted by Gasteiger charge is -2.53. The maximum absolute atomic E-state index is 16.2. The topological polar surface area (TPSA) is 126 Å². The standard InChI is InChI=1S/C34H43Cl2FN6O3/c1-5-34(23-10-11-25(35)39-19(23)2)27(22-12-17-38-29(36)28(22)37)24(41-33(34)15-13-32(3,4)14-16-33)18-26(44)40-21-8-6-20(7-9-21)30-42-43-31(45)46-30/h10-12,17,20-21,24,27,41H,5-9,13-16,18H2,1-4H3,(H,40,44)(H,43,45)/t20?,21?,24-,27-,34+/m0/s1. The molecule has 2 saturated carbocycles. The van der Waals surface area contributed by atoms with E-state index < -0.39 is 28.4 Å². The number of carbonyl (C=O) groups is 1. The second kappa shape index (κ2) is 12.7. The Morgan fingerprint density at radius 3 is 2.46 bits per heavy atom. The summed E-state index contributed by atoms with van der Waals surface area (Å²) in [5.41, 5.74) is 1.45. The van der Waals surface area contributed by atoms with Crippen LogP contribution in [-0.2, 0) is 10.2 Å². The van der Waals surface area contributed by atoms with Crippen molar-refractivity contribution in [1.82, 2.24) is 30.8 Å². The first-order chi connectivity index (χ1) is 21.9. The molecule has 3 aliphatic rings. The first-order valence-corrected chi connectivity index (χ1v) is 17.2. The second-order valence-electron chi connectivity index (χ2n) is 14.3. The van der Waals surface area contributed by atoms with Gasteiger partial charge in [0.15, 0.2) is 11.0 Å². The van der Waals surface area contributed by atoms with Gasteiger partial charge in [0.1, 0.15) is 5.15 Å². The van der Waals surface area contributed by atoms with Gasteiger partial charge in [-0.05, 0) is 93.4 Å². The Kier molecular flexibility index (Phi) is 9.10. The summed E-state index contributed by atoms with van der Waals surface area (Å²) in [6, 6.07) is 5.21. The molecule has 12 heteroatoms. The maximum atomic E-state index is 16.2. The minimum Gasteiger partial charge on any atom is -0.392 e. The van der Waals surface area contributed by atoms with Crippen LogP contribution in [0.2, 0.25) is 10.3 Å². The highest BCUT2D eigenvalue weighted by Gasteiger charge is 2.65. The van der Waals surface area contributed by atoms with Crippen LogP contribution in [0.15, 0.2) is 33.6 Å². The van der Waals surface area contributed by atoms with E-state index >= 15 is 4.39 Å². The third-order valence-corrected chi connectivity index (χ3v) is 11.8. The van der Waals surface area contributed by atoms with Gasteiger partial charge >= 0.3 is 5.76 Å². The molecular formula is C34H43Cl2FN6O3. The van der Waals surface area contributed by atoms with Gasteiger partial charge in [-0.15, -0.1) is 5.10 Å². The summed E-state index contributed by atoms with van der Waals surface area (Å²) in [6.07, 6.45) is 9.16. The predicted octanol–water partition coefficient (Wildman–Crippen LogP) is 6.88. The Balaban J connectivity index is 1.35. The number of aromatic nitrogens is 4. The summed E-state index contributed by atoms with van der Waals surface area (Å²) in [6.45, 7) is 8.73. The maximum Gasteiger partial charge on any atom is 0.434 e. The molecule has 3 aromatic rings. The van der Waals surface area contributed by atoms with Gasteiger partial charge in [-0.25, -0.2) is 24.3 Å². The number of carbonyl (C=O) groups excluding carboxylic acids is 1. The molecule has 4 heterocycles. The van der Waals surface area contributed by atoms with E-state index in [4.69, 9.17) is 27.6 Å². The Bertz CT molecular complexity index is 1640. The monoisotopic (exact) mass is 672 g/mol. The third-order valence-electron chi connectivity index (χ3n) is 11.3. The predicted molar refractivity (Wildman–Crippen MR) is 175 cm³/mol. The van der Waals surface area contributed by atoms with E-state index in [1.165, 1.54) is 0 Å². The normalized spacial score (nSPS) is 28.8. The molecule has 1 amide bonds. The number of hydrogen-bond donors (Lipinski definition) is 3. The second-order valence-corrected chi connectivity index (χ2v) is 15.1. The lowest BCUT2D eigenvalue weighted by atomic mass is 9.52. The van der Waals surface area contributed by atoms with Crippen LogP contribution in [-0.4, -0.2) is 43.7 Å². The quantitative estimate of drug-likeness (QED) is 0.234. The van der Waals surface area contributed by atoms with Crippen LogP contribution >= 0.6 is 23.2 Å². The van der Waals surface area contributed by atoms with Gasteiger partial charge in [0, 0.05) is 53.2 Å². The van der Waals surface area contributed by atoms with E-state index in [0.29, 0.717) is 23.0 Å². The molecule has 1 saturated heterocycles. The minimum absolute atomic E-state index is 0.00976. The van der Waals surface area contributed by atoms with Crippen molar-refractivity contribution in [2.75, 3.05) is 0 Å². The number of amides is 1. The fraction of sp³-hybridized carbons (Fsp3) is 0.618. The lowest BCUT2D eigenvalue weighted by Crippen LogP contribution is -2.58. The lowest BCUT2D eigenvalue weighted by molar-refractivity contribution is -0.122. The Morgan fingerprint density at radius 1 is 1.11 bits per heavy atom. The minimum atomic E-state index is -0.604. The molecule has 248 valence electrons. The average molecular weight is 674 g/mol. The summed E-state index contributed by atoms with van der Waals surface area (Å²) < 4.78 is 21.3. The van der Waals surface area contributed by atoms with Crippen LogP contribution in [0.1, 0.15) is 120 Å². The number of aryl methyl sites for hydroxylation is 1. The highest BCUT2D eigenvalue weighted by molar-refractivity contribution is 6.29. The smallest absolute Gasteiger partial charge is 0.392 e. The van der Waals surface area contributed by atoms with Crippen molar-refractivity contribution in [1.29, 1.82) is 0 Å². The van der Waals surface area contributed by atoms with Crippen molar-refractivity contribution in [2.45, 2.75) is 127 Å². The molecule has 0 bridgehead atoms. The van der Waals surface area contributed by atoms with Gasteiger partial charge in [-0.1, -0.05) is 50.0 Å². The summed E-state index contributed by atoms with van der Waals surface area (Å²) in [7, 11) is 0. The van der Waals surface area contributed by atoms with Gasteiger partial charge in [0.2, 0.25) is 11.8 Å². The number of halogens is 3. The van der Waals surface area contributed by atoms with E-state index in [2.05, 4.69) is 51.6 Å².